The van der Waals surface area contributed by atoms with E-state index in [1.165, 1.54) is 43.5 Å². The quantitative estimate of drug-likeness (QED) is 0.745. The number of rotatable bonds is 3. The van der Waals surface area contributed by atoms with Gasteiger partial charge in [-0.2, -0.15) is 0 Å². The lowest BCUT2D eigenvalue weighted by Crippen LogP contribution is -2.48. The first-order valence-electron chi connectivity index (χ1n) is 10.6. The summed E-state index contributed by atoms with van der Waals surface area (Å²) >= 11 is 1.55. The fraction of sp³-hybridized carbons (Fsp3) is 0.565. The molecule has 4 rings (SSSR count). The summed E-state index contributed by atoms with van der Waals surface area (Å²) < 4.78 is 0. The molecule has 0 unspecified atom stereocenters. The maximum Gasteiger partial charge on any atom is 0.265 e. The van der Waals surface area contributed by atoms with Crippen molar-refractivity contribution in [1.82, 2.24) is 14.8 Å². The molecule has 2 saturated heterocycles. The number of hydrogen-bond donors (Lipinski definition) is 0. The Bertz CT molecular complexity index is 825. The molecule has 2 aliphatic heterocycles. The second-order valence-corrected chi connectivity index (χ2v) is 9.43. The number of piperidine rings is 2. The second-order valence-electron chi connectivity index (χ2n) is 8.43. The van der Waals surface area contributed by atoms with E-state index in [4.69, 9.17) is 4.98 Å². The molecule has 28 heavy (non-hydrogen) atoms. The Morgan fingerprint density at radius 3 is 2.25 bits per heavy atom. The SMILES string of the molecule is Cc1cc(C)cc(-c2nc(C)c(C(=O)N3CCC(N4CCCCC4)CC3)s2)c1. The lowest BCUT2D eigenvalue weighted by molar-refractivity contribution is 0.0593. The predicted molar refractivity (Wildman–Crippen MR) is 116 cm³/mol. The lowest BCUT2D eigenvalue weighted by atomic mass is 10.00. The second kappa shape index (κ2) is 8.34. The van der Waals surface area contributed by atoms with Crippen LogP contribution in [0.25, 0.3) is 10.6 Å². The molecule has 0 atom stereocenters. The van der Waals surface area contributed by atoms with E-state index in [2.05, 4.69) is 36.9 Å². The molecule has 2 fully saturated rings. The zero-order valence-electron chi connectivity index (χ0n) is 17.3. The molecule has 2 aromatic rings. The van der Waals surface area contributed by atoms with Gasteiger partial charge in [0.1, 0.15) is 9.88 Å². The molecule has 3 heterocycles. The van der Waals surface area contributed by atoms with Crippen LogP contribution in [0.2, 0.25) is 0 Å². The number of nitrogens with zero attached hydrogens (tertiary/aromatic N) is 3. The Balaban J connectivity index is 1.45. The molecule has 0 aliphatic carbocycles. The van der Waals surface area contributed by atoms with Crippen LogP contribution in [0, 0.1) is 20.8 Å². The first-order chi connectivity index (χ1) is 13.5. The Morgan fingerprint density at radius 2 is 1.61 bits per heavy atom. The van der Waals surface area contributed by atoms with E-state index in [0.29, 0.717) is 6.04 Å². The first kappa shape index (κ1) is 19.6. The van der Waals surface area contributed by atoms with Crippen molar-refractivity contribution in [3.05, 3.63) is 39.9 Å². The summed E-state index contributed by atoms with van der Waals surface area (Å²) in [5.74, 6) is 0.169. The Hall–Kier alpha value is -1.72. The lowest BCUT2D eigenvalue weighted by Gasteiger charge is -2.40. The van der Waals surface area contributed by atoms with Gasteiger partial charge in [-0.3, -0.25) is 4.79 Å². The van der Waals surface area contributed by atoms with Gasteiger partial charge < -0.3 is 9.80 Å². The van der Waals surface area contributed by atoms with Crippen molar-refractivity contribution in [1.29, 1.82) is 0 Å². The van der Waals surface area contributed by atoms with Crippen LogP contribution in [-0.2, 0) is 0 Å². The van der Waals surface area contributed by atoms with E-state index < -0.39 is 0 Å². The third-order valence-electron chi connectivity index (χ3n) is 6.12. The number of hydrogen-bond acceptors (Lipinski definition) is 4. The van der Waals surface area contributed by atoms with Gasteiger partial charge >= 0.3 is 0 Å². The summed E-state index contributed by atoms with van der Waals surface area (Å²) in [6.45, 7) is 10.4. The molecule has 0 spiro atoms. The Labute approximate surface area is 172 Å². The maximum atomic E-state index is 13.2. The number of thiazole rings is 1. The third-order valence-corrected chi connectivity index (χ3v) is 7.31. The zero-order chi connectivity index (χ0) is 19.7. The summed E-state index contributed by atoms with van der Waals surface area (Å²) in [6, 6.07) is 7.15. The highest BCUT2D eigenvalue weighted by atomic mass is 32.1. The van der Waals surface area contributed by atoms with Crippen LogP contribution in [0.3, 0.4) is 0 Å². The smallest absolute Gasteiger partial charge is 0.265 e. The minimum absolute atomic E-state index is 0.169. The molecule has 0 radical (unpaired) electrons. The highest BCUT2D eigenvalue weighted by Crippen LogP contribution is 2.31. The van der Waals surface area contributed by atoms with Gasteiger partial charge in [0.05, 0.1) is 5.69 Å². The maximum absolute atomic E-state index is 13.2. The van der Waals surface area contributed by atoms with Gasteiger partial charge in [-0.1, -0.05) is 23.6 Å². The van der Waals surface area contributed by atoms with Crippen LogP contribution < -0.4 is 0 Å². The summed E-state index contributed by atoms with van der Waals surface area (Å²) in [7, 11) is 0. The van der Waals surface area contributed by atoms with Gasteiger partial charge in [-0.05, 0) is 71.7 Å². The molecule has 150 valence electrons. The van der Waals surface area contributed by atoms with Gasteiger partial charge in [0.2, 0.25) is 0 Å². The number of aryl methyl sites for hydroxylation is 3. The molecule has 1 aromatic carbocycles. The van der Waals surface area contributed by atoms with Gasteiger partial charge in [0.25, 0.3) is 5.91 Å². The normalized spacial score (nSPS) is 19.2. The van der Waals surface area contributed by atoms with Crippen molar-refractivity contribution in [2.75, 3.05) is 26.2 Å². The topological polar surface area (TPSA) is 36.4 Å². The van der Waals surface area contributed by atoms with Gasteiger partial charge in [0, 0.05) is 24.7 Å². The number of carbonyl (C=O) groups is 1. The fourth-order valence-electron chi connectivity index (χ4n) is 4.68. The van der Waals surface area contributed by atoms with Crippen molar-refractivity contribution >= 4 is 17.2 Å². The number of amides is 1. The largest absolute Gasteiger partial charge is 0.338 e. The summed E-state index contributed by atoms with van der Waals surface area (Å²) in [6.07, 6.45) is 6.25. The van der Waals surface area contributed by atoms with Crippen molar-refractivity contribution in [3.8, 4) is 10.6 Å². The van der Waals surface area contributed by atoms with Crippen molar-refractivity contribution in [2.24, 2.45) is 0 Å². The van der Waals surface area contributed by atoms with Crippen LogP contribution in [0.4, 0.5) is 0 Å². The van der Waals surface area contributed by atoms with Gasteiger partial charge in [-0.15, -0.1) is 11.3 Å². The Kier molecular flexibility index (Phi) is 5.83. The van der Waals surface area contributed by atoms with Crippen LogP contribution in [0.5, 0.6) is 0 Å². The number of carbonyl (C=O) groups excluding carboxylic acids is 1. The molecule has 0 saturated carbocycles. The summed E-state index contributed by atoms with van der Waals surface area (Å²) in [5.41, 5.74) is 4.45. The monoisotopic (exact) mass is 397 g/mol. The van der Waals surface area contributed by atoms with E-state index in [-0.39, 0.29) is 5.91 Å². The predicted octanol–water partition coefficient (Wildman–Crippen LogP) is 4.83. The molecule has 0 N–H and O–H groups in total. The molecular formula is C23H31N3OS. The standard InChI is InChI=1S/C23H31N3OS/c1-16-13-17(2)15-19(14-16)22-24-18(3)21(28-22)23(27)26-11-7-20(8-12-26)25-9-5-4-6-10-25/h13-15,20H,4-12H2,1-3H3. The summed E-state index contributed by atoms with van der Waals surface area (Å²) in [4.78, 5) is 23.4. The highest BCUT2D eigenvalue weighted by molar-refractivity contribution is 7.17. The van der Waals surface area contributed by atoms with Crippen molar-refractivity contribution in [2.45, 2.75) is 58.9 Å². The van der Waals surface area contributed by atoms with E-state index in [1.807, 2.05) is 11.8 Å². The van der Waals surface area contributed by atoms with Crippen LogP contribution >= 0.6 is 11.3 Å². The molecule has 5 heteroatoms. The molecule has 0 bridgehead atoms. The summed E-state index contributed by atoms with van der Waals surface area (Å²) in [5, 5.41) is 0.954. The van der Waals surface area contributed by atoms with Crippen LogP contribution in [-0.4, -0.2) is 52.9 Å². The molecule has 1 amide bonds. The van der Waals surface area contributed by atoms with E-state index in [1.54, 1.807) is 11.3 Å². The van der Waals surface area contributed by atoms with E-state index in [0.717, 1.165) is 47.1 Å². The van der Waals surface area contributed by atoms with Gasteiger partial charge in [-0.25, -0.2) is 4.98 Å². The highest BCUT2D eigenvalue weighted by Gasteiger charge is 2.29. The molecule has 2 aliphatic rings. The molecular weight excluding hydrogens is 366 g/mol. The Morgan fingerprint density at radius 1 is 0.964 bits per heavy atom. The van der Waals surface area contributed by atoms with Crippen molar-refractivity contribution in [3.63, 3.8) is 0 Å². The number of benzene rings is 1. The third kappa shape index (κ3) is 4.15. The zero-order valence-corrected chi connectivity index (χ0v) is 18.1. The number of likely N-dealkylation sites (tertiary alicyclic amines) is 2. The van der Waals surface area contributed by atoms with Crippen LogP contribution in [0.1, 0.15) is 58.6 Å². The first-order valence-corrected chi connectivity index (χ1v) is 11.4. The minimum atomic E-state index is 0.169. The van der Waals surface area contributed by atoms with Crippen LogP contribution in [0.15, 0.2) is 18.2 Å². The number of aromatic nitrogens is 1. The van der Waals surface area contributed by atoms with E-state index >= 15 is 0 Å². The minimum Gasteiger partial charge on any atom is -0.338 e. The molecule has 4 nitrogen and oxygen atoms in total. The van der Waals surface area contributed by atoms with E-state index in [9.17, 15) is 4.79 Å². The molecule has 1 aromatic heterocycles. The van der Waals surface area contributed by atoms with Crippen molar-refractivity contribution < 1.29 is 4.79 Å². The average molecular weight is 398 g/mol. The fourth-order valence-corrected chi connectivity index (χ4v) is 5.70. The van der Waals surface area contributed by atoms with Gasteiger partial charge in [0.15, 0.2) is 0 Å². The average Bonchev–Trinajstić information content (AvgIpc) is 3.09.